The average molecular weight is 1110 g/mol. The van der Waals surface area contributed by atoms with Crippen molar-refractivity contribution < 1.29 is 39.8 Å². The molecule has 0 saturated carbocycles. The van der Waals surface area contributed by atoms with Gasteiger partial charge in [-0.05, 0) is 57.8 Å². The normalized spacial score (nSPS) is 18.8. The van der Waals surface area contributed by atoms with Crippen molar-refractivity contribution in [2.45, 2.75) is 378 Å². The van der Waals surface area contributed by atoms with Crippen LogP contribution in [0.1, 0.15) is 335 Å². The molecule has 0 aliphatic carbocycles. The number of carbonyl (C=O) groups is 1. The smallest absolute Gasteiger partial charge is 0.220 e. The van der Waals surface area contributed by atoms with Crippen LogP contribution in [0, 0.1) is 0 Å². The molecule has 0 aromatic carbocycles. The van der Waals surface area contributed by atoms with Gasteiger partial charge in [-0.3, -0.25) is 4.79 Å². The first-order valence-electron chi connectivity index (χ1n) is 34.4. The van der Waals surface area contributed by atoms with E-state index in [4.69, 9.17) is 9.47 Å². The van der Waals surface area contributed by atoms with Gasteiger partial charge in [0.05, 0.1) is 25.4 Å². The van der Waals surface area contributed by atoms with E-state index in [2.05, 4.69) is 55.6 Å². The van der Waals surface area contributed by atoms with Crippen LogP contribution in [0.2, 0.25) is 0 Å². The number of hydrogen-bond acceptors (Lipinski definition) is 8. The van der Waals surface area contributed by atoms with Gasteiger partial charge in [0.2, 0.25) is 5.91 Å². The molecule has 0 radical (unpaired) electrons. The number of unbranched alkanes of at least 4 members (excludes halogenated alkanes) is 44. The van der Waals surface area contributed by atoms with Gasteiger partial charge < -0.3 is 40.3 Å². The minimum Gasteiger partial charge on any atom is -0.394 e. The fourth-order valence-corrected chi connectivity index (χ4v) is 11.0. The lowest BCUT2D eigenvalue weighted by Gasteiger charge is -2.40. The van der Waals surface area contributed by atoms with E-state index in [1.54, 1.807) is 6.08 Å². The number of hydrogen-bond donors (Lipinski definition) is 6. The van der Waals surface area contributed by atoms with E-state index in [1.165, 1.54) is 263 Å². The SMILES string of the molecule is CCCCCCC/C=C\C/C=C\C/C=C\CCCCCCCCCCCCCCCCCCCCCCCCC(=O)NC(COC1OC(CO)C(O)C(O)C1O)C(O)/C=C/CCCCCCCCCCCCCCCCCCC. The highest BCUT2D eigenvalue weighted by Gasteiger charge is 2.44. The molecule has 1 amide bonds. The topological polar surface area (TPSA) is 149 Å². The van der Waals surface area contributed by atoms with Crippen molar-refractivity contribution in [2.75, 3.05) is 13.2 Å². The Hall–Kier alpha value is -1.85. The van der Waals surface area contributed by atoms with Gasteiger partial charge in [0, 0.05) is 6.42 Å². The molecule has 464 valence electrons. The van der Waals surface area contributed by atoms with Gasteiger partial charge in [-0.2, -0.15) is 0 Å². The summed E-state index contributed by atoms with van der Waals surface area (Å²) in [5, 5.41) is 54.7. The van der Waals surface area contributed by atoms with Crippen molar-refractivity contribution in [1.29, 1.82) is 0 Å². The molecular weight excluding hydrogens is 983 g/mol. The van der Waals surface area contributed by atoms with Gasteiger partial charge in [0.1, 0.15) is 24.4 Å². The fraction of sp³-hybridized carbons (Fsp3) is 0.871. The minimum atomic E-state index is -1.57. The predicted octanol–water partition coefficient (Wildman–Crippen LogP) is 18.4. The summed E-state index contributed by atoms with van der Waals surface area (Å²) in [6.07, 6.45) is 73.6. The van der Waals surface area contributed by atoms with E-state index < -0.39 is 49.5 Å². The van der Waals surface area contributed by atoms with Gasteiger partial charge >= 0.3 is 0 Å². The largest absolute Gasteiger partial charge is 0.394 e. The van der Waals surface area contributed by atoms with Crippen molar-refractivity contribution in [3.05, 3.63) is 48.6 Å². The lowest BCUT2D eigenvalue weighted by Crippen LogP contribution is -2.60. The van der Waals surface area contributed by atoms with Crippen molar-refractivity contribution in [3.63, 3.8) is 0 Å². The Morgan fingerprint density at radius 1 is 0.430 bits per heavy atom. The lowest BCUT2D eigenvalue weighted by atomic mass is 9.99. The summed E-state index contributed by atoms with van der Waals surface area (Å²) in [5.41, 5.74) is 0. The molecule has 0 aromatic heterocycles. The second-order valence-corrected chi connectivity index (χ2v) is 24.0. The van der Waals surface area contributed by atoms with Crippen LogP contribution in [0.3, 0.4) is 0 Å². The second kappa shape index (κ2) is 59.3. The monoisotopic (exact) mass is 1110 g/mol. The number of allylic oxidation sites excluding steroid dienone is 7. The molecule has 1 saturated heterocycles. The van der Waals surface area contributed by atoms with Gasteiger partial charge in [-0.15, -0.1) is 0 Å². The van der Waals surface area contributed by atoms with Crippen molar-refractivity contribution in [2.24, 2.45) is 0 Å². The Labute approximate surface area is 488 Å². The minimum absolute atomic E-state index is 0.171. The molecule has 7 unspecified atom stereocenters. The summed E-state index contributed by atoms with van der Waals surface area (Å²) in [7, 11) is 0. The molecule has 79 heavy (non-hydrogen) atoms. The van der Waals surface area contributed by atoms with E-state index in [0.29, 0.717) is 6.42 Å². The maximum atomic E-state index is 13.1. The summed E-state index contributed by atoms with van der Waals surface area (Å²) in [5.74, 6) is -0.171. The zero-order chi connectivity index (χ0) is 57.2. The molecule has 1 aliphatic rings. The van der Waals surface area contributed by atoms with Gasteiger partial charge in [0.15, 0.2) is 6.29 Å². The van der Waals surface area contributed by atoms with E-state index >= 15 is 0 Å². The number of carbonyl (C=O) groups excluding carboxylic acids is 1. The molecule has 7 atom stereocenters. The molecule has 0 aromatic rings. The van der Waals surface area contributed by atoms with Crippen LogP contribution in [0.25, 0.3) is 0 Å². The quantitative estimate of drug-likeness (QED) is 0.0261. The summed E-state index contributed by atoms with van der Waals surface area (Å²) in [6, 6.07) is -0.804. The maximum Gasteiger partial charge on any atom is 0.220 e. The molecule has 1 aliphatic heterocycles. The van der Waals surface area contributed by atoms with Crippen LogP contribution in [-0.4, -0.2) is 87.5 Å². The van der Waals surface area contributed by atoms with Gasteiger partial charge in [-0.1, -0.05) is 319 Å². The van der Waals surface area contributed by atoms with E-state index in [1.807, 2.05) is 6.08 Å². The Bertz CT molecular complexity index is 1380. The summed E-state index contributed by atoms with van der Waals surface area (Å²) in [6.45, 7) is 3.81. The number of ether oxygens (including phenoxy) is 2. The molecular formula is C70H131NO8. The predicted molar refractivity (Wildman–Crippen MR) is 336 cm³/mol. The van der Waals surface area contributed by atoms with Gasteiger partial charge in [-0.25, -0.2) is 0 Å². The average Bonchev–Trinajstić information content (AvgIpc) is 3.46. The van der Waals surface area contributed by atoms with Crippen molar-refractivity contribution >= 4 is 5.91 Å². The fourth-order valence-electron chi connectivity index (χ4n) is 11.0. The van der Waals surface area contributed by atoms with E-state index in [-0.39, 0.29) is 12.5 Å². The van der Waals surface area contributed by atoms with Crippen LogP contribution in [-0.2, 0) is 14.3 Å². The third-order valence-electron chi connectivity index (χ3n) is 16.4. The number of aliphatic hydroxyl groups is 5. The molecule has 0 spiro atoms. The summed E-state index contributed by atoms with van der Waals surface area (Å²) < 4.78 is 11.3. The molecule has 1 heterocycles. The summed E-state index contributed by atoms with van der Waals surface area (Å²) in [4.78, 5) is 13.1. The zero-order valence-electron chi connectivity index (χ0n) is 51.9. The molecule has 1 fully saturated rings. The van der Waals surface area contributed by atoms with Crippen molar-refractivity contribution in [3.8, 4) is 0 Å². The van der Waals surface area contributed by atoms with Crippen LogP contribution in [0.5, 0.6) is 0 Å². The van der Waals surface area contributed by atoms with E-state index in [9.17, 15) is 30.3 Å². The Balaban J connectivity index is 2.08. The molecule has 0 bridgehead atoms. The highest BCUT2D eigenvalue weighted by atomic mass is 16.7. The lowest BCUT2D eigenvalue weighted by molar-refractivity contribution is -0.302. The van der Waals surface area contributed by atoms with E-state index in [0.717, 1.165) is 51.4 Å². The zero-order valence-corrected chi connectivity index (χ0v) is 51.9. The highest BCUT2D eigenvalue weighted by Crippen LogP contribution is 2.23. The molecule has 6 N–H and O–H groups in total. The third kappa shape index (κ3) is 48.3. The van der Waals surface area contributed by atoms with Crippen LogP contribution in [0.15, 0.2) is 48.6 Å². The molecule has 1 rings (SSSR count). The first-order valence-corrected chi connectivity index (χ1v) is 34.4. The first-order chi connectivity index (χ1) is 38.8. The van der Waals surface area contributed by atoms with Gasteiger partial charge in [0.25, 0.3) is 0 Å². The number of rotatable bonds is 60. The van der Waals surface area contributed by atoms with Crippen LogP contribution < -0.4 is 5.32 Å². The number of amides is 1. The Morgan fingerprint density at radius 2 is 0.747 bits per heavy atom. The molecule has 9 heteroatoms. The highest BCUT2D eigenvalue weighted by molar-refractivity contribution is 5.76. The standard InChI is InChI=1S/C70H131NO8/c1-3-5-7-9-11-13-15-17-19-21-23-24-25-26-27-28-29-30-31-32-33-34-35-36-37-38-39-40-42-44-46-48-50-52-54-56-58-60-66(74)71-63(62-78-70-69(77)68(76)67(75)65(61-72)79-70)64(73)59-57-55-53-51-49-47-45-43-41-22-20-18-16-14-12-10-8-6-4-2/h15,17,21,23,25-26,57,59,63-65,67-70,72-73,75-77H,3-14,16,18-20,22,24,27-56,58,60-62H2,1-2H3,(H,71,74)/b17-15-,23-21-,26-25-,59-57+. The first kappa shape index (κ1) is 75.2. The number of aliphatic hydroxyl groups excluding tert-OH is 5. The maximum absolute atomic E-state index is 13.1. The molecule has 9 nitrogen and oxygen atoms in total. The van der Waals surface area contributed by atoms with Crippen LogP contribution in [0.4, 0.5) is 0 Å². The van der Waals surface area contributed by atoms with Crippen LogP contribution >= 0.6 is 0 Å². The second-order valence-electron chi connectivity index (χ2n) is 24.0. The summed E-state index contributed by atoms with van der Waals surface area (Å²) >= 11 is 0. The Morgan fingerprint density at radius 3 is 1.10 bits per heavy atom. The number of nitrogens with one attached hydrogen (secondary N) is 1. The Kier molecular flexibility index (Phi) is 56.4. The third-order valence-corrected chi connectivity index (χ3v) is 16.4. The van der Waals surface area contributed by atoms with Crippen molar-refractivity contribution in [1.82, 2.24) is 5.32 Å².